The average molecular weight is 236 g/mol. The molecule has 17 heavy (non-hydrogen) atoms. The largest absolute Gasteiger partial charge is 0.504 e. The van der Waals surface area contributed by atoms with E-state index in [-0.39, 0.29) is 29.3 Å². The van der Waals surface area contributed by atoms with Crippen LogP contribution < -0.4 is 9.47 Å². The van der Waals surface area contributed by atoms with Gasteiger partial charge in [-0.2, -0.15) is 0 Å². The third kappa shape index (κ3) is 1.32. The predicted molar refractivity (Wildman–Crippen MR) is 57.8 cm³/mol. The molecule has 1 N–H and O–H groups in total. The summed E-state index contributed by atoms with van der Waals surface area (Å²) < 4.78 is 16.0. The van der Waals surface area contributed by atoms with Gasteiger partial charge in [0, 0.05) is 11.6 Å². The summed E-state index contributed by atoms with van der Waals surface area (Å²) in [4.78, 5) is 11.1. The summed E-state index contributed by atoms with van der Waals surface area (Å²) in [5.74, 6) is 0.710. The highest BCUT2D eigenvalue weighted by atomic mass is 16.7. The van der Waals surface area contributed by atoms with Crippen LogP contribution in [0.4, 0.5) is 0 Å². The van der Waals surface area contributed by atoms with Gasteiger partial charge in [-0.3, -0.25) is 4.79 Å². The number of carbonyl (C=O) groups is 1. The molecule has 2 heterocycles. The summed E-state index contributed by atoms with van der Waals surface area (Å²) in [5.41, 5.74) is 0.984. The van der Waals surface area contributed by atoms with Crippen LogP contribution in [-0.2, 0) is 4.74 Å². The van der Waals surface area contributed by atoms with Crippen LogP contribution in [0.25, 0.3) is 0 Å². The zero-order valence-corrected chi connectivity index (χ0v) is 9.30. The van der Waals surface area contributed by atoms with Gasteiger partial charge in [0.15, 0.2) is 17.8 Å². The van der Waals surface area contributed by atoms with Gasteiger partial charge in [-0.25, -0.2) is 0 Å². The zero-order valence-electron chi connectivity index (χ0n) is 9.30. The van der Waals surface area contributed by atoms with Gasteiger partial charge in [0.05, 0.1) is 25.2 Å². The maximum absolute atomic E-state index is 11.1. The van der Waals surface area contributed by atoms with Gasteiger partial charge >= 0.3 is 0 Å². The van der Waals surface area contributed by atoms with Crippen LogP contribution in [-0.4, -0.2) is 31.4 Å². The Morgan fingerprint density at radius 1 is 1.59 bits per heavy atom. The average Bonchev–Trinajstić information content (AvgIpc) is 2.89. The zero-order chi connectivity index (χ0) is 12.0. The molecule has 1 fully saturated rings. The van der Waals surface area contributed by atoms with Crippen LogP contribution in [0.3, 0.4) is 0 Å². The van der Waals surface area contributed by atoms with Crippen molar-refractivity contribution < 1.29 is 24.1 Å². The molecule has 0 radical (unpaired) electrons. The fraction of sp³-hybridized carbons (Fsp3) is 0.417. The number of aromatic hydroxyl groups is 1. The van der Waals surface area contributed by atoms with Crippen LogP contribution in [0, 0.1) is 0 Å². The Balaban J connectivity index is 2.20. The molecule has 0 aromatic heterocycles. The third-order valence-corrected chi connectivity index (χ3v) is 3.30. The van der Waals surface area contributed by atoms with Gasteiger partial charge in [0.25, 0.3) is 0 Å². The number of hydrogen-bond donors (Lipinski definition) is 1. The Morgan fingerprint density at radius 2 is 2.41 bits per heavy atom. The second kappa shape index (κ2) is 3.63. The Bertz CT molecular complexity index is 482. The van der Waals surface area contributed by atoms with Crippen molar-refractivity contribution in [2.75, 3.05) is 13.7 Å². The van der Waals surface area contributed by atoms with E-state index in [1.54, 1.807) is 6.07 Å². The summed E-state index contributed by atoms with van der Waals surface area (Å²) in [6.45, 7) is 0.611. The first-order valence-electron chi connectivity index (χ1n) is 5.43. The number of aldehydes is 1. The minimum Gasteiger partial charge on any atom is -0.504 e. The van der Waals surface area contributed by atoms with Crippen LogP contribution >= 0.6 is 0 Å². The van der Waals surface area contributed by atoms with Crippen LogP contribution in [0.1, 0.15) is 28.3 Å². The van der Waals surface area contributed by atoms with Gasteiger partial charge in [-0.15, -0.1) is 0 Å². The van der Waals surface area contributed by atoms with Crippen molar-refractivity contribution in [3.05, 3.63) is 17.2 Å². The third-order valence-electron chi connectivity index (χ3n) is 3.30. The molecule has 0 aliphatic carbocycles. The number of methoxy groups -OCH3 is 1. The second-order valence-electron chi connectivity index (χ2n) is 4.12. The standard InChI is InChI=1S/C12H12O5/c1-15-9-4-8-10(7(5-13)11(9)14)6-2-3-16-12(6)17-8/h4-6,12,14H,2-3H2,1H3/t6-,12+/m0/s1. The first-order valence-corrected chi connectivity index (χ1v) is 5.43. The molecule has 5 nitrogen and oxygen atoms in total. The predicted octanol–water partition coefficient (Wildman–Crippen LogP) is 1.44. The number of rotatable bonds is 2. The molecule has 2 atom stereocenters. The normalized spacial score (nSPS) is 25.0. The highest BCUT2D eigenvalue weighted by molar-refractivity contribution is 5.86. The minimum atomic E-state index is -0.338. The summed E-state index contributed by atoms with van der Waals surface area (Å²) in [7, 11) is 1.43. The SMILES string of the molecule is COc1cc2c(c(C=O)c1O)[C@@H]1CCO[C@@H]1O2. The smallest absolute Gasteiger partial charge is 0.207 e. The Kier molecular flexibility index (Phi) is 2.22. The summed E-state index contributed by atoms with van der Waals surface area (Å²) >= 11 is 0. The molecule has 0 amide bonds. The molecule has 1 aromatic rings. The van der Waals surface area contributed by atoms with Crippen molar-refractivity contribution in [3.63, 3.8) is 0 Å². The number of phenols is 1. The van der Waals surface area contributed by atoms with E-state index in [9.17, 15) is 9.90 Å². The van der Waals surface area contributed by atoms with E-state index in [1.807, 2.05) is 0 Å². The Hall–Kier alpha value is -1.75. The summed E-state index contributed by atoms with van der Waals surface area (Å²) in [5, 5.41) is 9.92. The molecule has 5 heteroatoms. The fourth-order valence-electron chi connectivity index (χ4n) is 2.50. The lowest BCUT2D eigenvalue weighted by atomic mass is 9.93. The van der Waals surface area contributed by atoms with E-state index in [2.05, 4.69) is 0 Å². The van der Waals surface area contributed by atoms with Gasteiger partial charge in [0.1, 0.15) is 5.75 Å². The number of phenolic OH excluding ortho intramolecular Hbond substituents is 1. The van der Waals surface area contributed by atoms with E-state index < -0.39 is 0 Å². The van der Waals surface area contributed by atoms with Crippen molar-refractivity contribution in [3.8, 4) is 17.2 Å². The van der Waals surface area contributed by atoms with Crippen molar-refractivity contribution in [1.29, 1.82) is 0 Å². The lowest BCUT2D eigenvalue weighted by molar-refractivity contribution is -0.0337. The molecule has 1 aromatic carbocycles. The Labute approximate surface area is 97.9 Å². The molecule has 2 aliphatic rings. The van der Waals surface area contributed by atoms with Gasteiger partial charge < -0.3 is 19.3 Å². The fourth-order valence-corrected chi connectivity index (χ4v) is 2.50. The minimum absolute atomic E-state index is 0.0296. The first-order chi connectivity index (χ1) is 8.26. The van der Waals surface area contributed by atoms with Crippen molar-refractivity contribution in [1.82, 2.24) is 0 Å². The molecule has 90 valence electrons. The lowest BCUT2D eigenvalue weighted by Gasteiger charge is -2.11. The number of fused-ring (bicyclic) bond motifs is 3. The van der Waals surface area contributed by atoms with E-state index >= 15 is 0 Å². The van der Waals surface area contributed by atoms with Gasteiger partial charge in [-0.05, 0) is 6.42 Å². The topological polar surface area (TPSA) is 65.0 Å². The molecule has 2 aliphatic heterocycles. The number of benzene rings is 1. The lowest BCUT2D eigenvalue weighted by Crippen LogP contribution is -2.14. The molecular weight excluding hydrogens is 224 g/mol. The second-order valence-corrected chi connectivity index (χ2v) is 4.12. The molecule has 3 rings (SSSR count). The van der Waals surface area contributed by atoms with E-state index in [1.165, 1.54) is 7.11 Å². The Morgan fingerprint density at radius 3 is 3.12 bits per heavy atom. The van der Waals surface area contributed by atoms with Crippen molar-refractivity contribution in [2.24, 2.45) is 0 Å². The highest BCUT2D eigenvalue weighted by Gasteiger charge is 2.42. The van der Waals surface area contributed by atoms with E-state index in [4.69, 9.17) is 14.2 Å². The van der Waals surface area contributed by atoms with E-state index in [0.717, 1.165) is 12.0 Å². The van der Waals surface area contributed by atoms with E-state index in [0.29, 0.717) is 18.6 Å². The maximum atomic E-state index is 11.1. The van der Waals surface area contributed by atoms with Crippen LogP contribution in [0.15, 0.2) is 6.07 Å². The molecule has 0 saturated carbocycles. The summed E-state index contributed by atoms with van der Waals surface area (Å²) in [6.07, 6.45) is 1.10. The quantitative estimate of drug-likeness (QED) is 0.787. The van der Waals surface area contributed by atoms with Gasteiger partial charge in [-0.1, -0.05) is 0 Å². The van der Waals surface area contributed by atoms with Crippen molar-refractivity contribution >= 4 is 6.29 Å². The maximum Gasteiger partial charge on any atom is 0.207 e. The molecule has 1 saturated heterocycles. The molecular formula is C12H12O5. The van der Waals surface area contributed by atoms with Crippen LogP contribution in [0.5, 0.6) is 17.2 Å². The molecule has 0 unspecified atom stereocenters. The molecule has 0 bridgehead atoms. The first kappa shape index (κ1) is 10.4. The monoisotopic (exact) mass is 236 g/mol. The number of ether oxygens (including phenoxy) is 3. The van der Waals surface area contributed by atoms with Crippen molar-refractivity contribution in [2.45, 2.75) is 18.6 Å². The molecule has 0 spiro atoms. The van der Waals surface area contributed by atoms with Gasteiger partial charge in [0.2, 0.25) is 6.29 Å². The highest BCUT2D eigenvalue weighted by Crippen LogP contribution is 2.50. The number of carbonyl (C=O) groups excluding carboxylic acids is 1. The summed E-state index contributed by atoms with van der Waals surface area (Å²) in [6, 6.07) is 1.60. The van der Waals surface area contributed by atoms with Crippen LogP contribution in [0.2, 0.25) is 0 Å². The number of hydrogen-bond acceptors (Lipinski definition) is 5.